The van der Waals surface area contributed by atoms with Gasteiger partial charge in [0.15, 0.2) is 5.11 Å². The van der Waals surface area contributed by atoms with Crippen molar-refractivity contribution in [1.82, 2.24) is 0 Å². The van der Waals surface area contributed by atoms with Gasteiger partial charge in [-0.3, -0.25) is 0 Å². The summed E-state index contributed by atoms with van der Waals surface area (Å²) in [6.45, 7) is 0. The highest BCUT2D eigenvalue weighted by atomic mass is 79.9. The SMILES string of the molecule is COc1cc(NC(=S)Nc2ccc(Br)cc2Cl)cc(OC)c1. The van der Waals surface area contributed by atoms with Crippen LogP contribution in [0.25, 0.3) is 0 Å². The van der Waals surface area contributed by atoms with Gasteiger partial charge < -0.3 is 20.1 Å². The van der Waals surface area contributed by atoms with E-state index in [9.17, 15) is 0 Å². The molecule has 2 aromatic carbocycles. The van der Waals surface area contributed by atoms with Crippen LogP contribution in [0.15, 0.2) is 40.9 Å². The van der Waals surface area contributed by atoms with Crippen molar-refractivity contribution < 1.29 is 9.47 Å². The van der Waals surface area contributed by atoms with Crippen LogP contribution in [-0.2, 0) is 0 Å². The number of nitrogens with one attached hydrogen (secondary N) is 2. The Morgan fingerprint density at radius 1 is 1.05 bits per heavy atom. The van der Waals surface area contributed by atoms with Crippen molar-refractivity contribution in [3.63, 3.8) is 0 Å². The number of hydrogen-bond acceptors (Lipinski definition) is 3. The van der Waals surface area contributed by atoms with E-state index in [0.29, 0.717) is 21.6 Å². The molecule has 4 nitrogen and oxygen atoms in total. The average Bonchev–Trinajstić information content (AvgIpc) is 2.49. The highest BCUT2D eigenvalue weighted by Crippen LogP contribution is 2.27. The van der Waals surface area contributed by atoms with E-state index in [2.05, 4.69) is 26.6 Å². The highest BCUT2D eigenvalue weighted by Gasteiger charge is 2.06. The van der Waals surface area contributed by atoms with E-state index in [1.807, 2.05) is 24.3 Å². The van der Waals surface area contributed by atoms with E-state index in [-0.39, 0.29) is 0 Å². The first-order valence-corrected chi connectivity index (χ1v) is 7.86. The number of benzene rings is 2. The molecule has 0 fully saturated rings. The molecule has 0 amide bonds. The molecule has 0 aliphatic rings. The van der Waals surface area contributed by atoms with Crippen LogP contribution < -0.4 is 20.1 Å². The maximum absolute atomic E-state index is 6.15. The zero-order chi connectivity index (χ0) is 16.1. The molecule has 0 aromatic heterocycles. The van der Waals surface area contributed by atoms with Gasteiger partial charge >= 0.3 is 0 Å². The second kappa shape index (κ2) is 7.67. The van der Waals surface area contributed by atoms with E-state index in [1.165, 1.54) is 0 Å². The fourth-order valence-electron chi connectivity index (χ4n) is 1.76. The van der Waals surface area contributed by atoms with E-state index in [4.69, 9.17) is 33.3 Å². The van der Waals surface area contributed by atoms with Crippen molar-refractivity contribution in [2.75, 3.05) is 24.9 Å². The monoisotopic (exact) mass is 400 g/mol. The molecule has 7 heteroatoms. The molecule has 0 saturated carbocycles. The molecule has 0 spiro atoms. The molecule has 2 N–H and O–H groups in total. The normalized spacial score (nSPS) is 10.0. The predicted molar refractivity (Wildman–Crippen MR) is 98.5 cm³/mol. The highest BCUT2D eigenvalue weighted by molar-refractivity contribution is 9.10. The maximum Gasteiger partial charge on any atom is 0.175 e. The third-order valence-corrected chi connectivity index (χ3v) is 3.80. The lowest BCUT2D eigenvalue weighted by molar-refractivity contribution is 0.395. The minimum Gasteiger partial charge on any atom is -0.497 e. The predicted octanol–water partition coefficient (Wildman–Crippen LogP) is 4.93. The maximum atomic E-state index is 6.15. The van der Waals surface area contributed by atoms with Crippen LogP contribution in [0.5, 0.6) is 11.5 Å². The summed E-state index contributed by atoms with van der Waals surface area (Å²) < 4.78 is 11.3. The number of rotatable bonds is 4. The summed E-state index contributed by atoms with van der Waals surface area (Å²) in [6, 6.07) is 10.9. The molecule has 0 aliphatic carbocycles. The number of thiocarbonyl (C=S) groups is 1. The lowest BCUT2D eigenvalue weighted by Gasteiger charge is -2.13. The van der Waals surface area contributed by atoms with Crippen molar-refractivity contribution in [2.24, 2.45) is 0 Å². The summed E-state index contributed by atoms with van der Waals surface area (Å²) in [5.41, 5.74) is 1.47. The average molecular weight is 402 g/mol. The third-order valence-electron chi connectivity index (χ3n) is 2.79. The van der Waals surface area contributed by atoms with Crippen molar-refractivity contribution in [3.8, 4) is 11.5 Å². The Kier molecular flexibility index (Phi) is 5.88. The van der Waals surface area contributed by atoms with Crippen molar-refractivity contribution in [3.05, 3.63) is 45.9 Å². The van der Waals surface area contributed by atoms with E-state index < -0.39 is 0 Å². The smallest absolute Gasteiger partial charge is 0.175 e. The van der Waals surface area contributed by atoms with Crippen LogP contribution in [0, 0.1) is 0 Å². The summed E-state index contributed by atoms with van der Waals surface area (Å²) >= 11 is 14.8. The van der Waals surface area contributed by atoms with Gasteiger partial charge in [0.05, 0.1) is 24.9 Å². The van der Waals surface area contributed by atoms with Crippen LogP contribution >= 0.6 is 39.7 Å². The van der Waals surface area contributed by atoms with Crippen molar-refractivity contribution >= 4 is 56.2 Å². The zero-order valence-corrected chi connectivity index (χ0v) is 15.1. The molecule has 22 heavy (non-hydrogen) atoms. The number of methoxy groups -OCH3 is 2. The Morgan fingerprint density at radius 2 is 1.68 bits per heavy atom. The van der Waals surface area contributed by atoms with Crippen LogP contribution in [0.2, 0.25) is 5.02 Å². The Balaban J connectivity index is 2.11. The first kappa shape index (κ1) is 16.9. The van der Waals surface area contributed by atoms with Crippen LogP contribution in [0.3, 0.4) is 0 Å². The minimum atomic E-state index is 0.416. The van der Waals surface area contributed by atoms with Crippen LogP contribution in [-0.4, -0.2) is 19.3 Å². The molecule has 0 radical (unpaired) electrons. The van der Waals surface area contributed by atoms with Gasteiger partial charge in [-0.25, -0.2) is 0 Å². The number of ether oxygens (including phenoxy) is 2. The van der Waals surface area contributed by atoms with E-state index in [0.717, 1.165) is 15.8 Å². The molecule has 0 aliphatic heterocycles. The standard InChI is InChI=1S/C15H14BrClN2O2S/c1-20-11-6-10(7-12(8-11)21-2)18-15(22)19-14-4-3-9(16)5-13(14)17/h3-8H,1-2H3,(H2,18,19,22). The Morgan fingerprint density at radius 3 is 2.23 bits per heavy atom. The van der Waals surface area contributed by atoms with Crippen molar-refractivity contribution in [2.45, 2.75) is 0 Å². The van der Waals surface area contributed by atoms with Crippen LogP contribution in [0.4, 0.5) is 11.4 Å². The lowest BCUT2D eigenvalue weighted by atomic mass is 10.3. The number of halogens is 2. The van der Waals surface area contributed by atoms with Gasteiger partial charge in [0, 0.05) is 28.4 Å². The quantitative estimate of drug-likeness (QED) is 0.711. The van der Waals surface area contributed by atoms with Gasteiger partial charge in [-0.15, -0.1) is 0 Å². The molecule has 2 rings (SSSR count). The molecular weight excluding hydrogens is 388 g/mol. The van der Waals surface area contributed by atoms with E-state index >= 15 is 0 Å². The third kappa shape index (κ3) is 4.50. The van der Waals surface area contributed by atoms with Crippen molar-refractivity contribution in [1.29, 1.82) is 0 Å². The molecule has 2 aromatic rings. The van der Waals surface area contributed by atoms with Gasteiger partial charge in [0.1, 0.15) is 11.5 Å². The molecule has 0 unspecified atom stereocenters. The molecular formula is C15H14BrClN2O2S. The minimum absolute atomic E-state index is 0.416. The summed E-state index contributed by atoms with van der Waals surface area (Å²) in [5, 5.41) is 7.11. The van der Waals surface area contributed by atoms with Gasteiger partial charge in [-0.1, -0.05) is 27.5 Å². The fraction of sp³-hybridized carbons (Fsp3) is 0.133. The second-order valence-electron chi connectivity index (χ2n) is 4.30. The first-order chi connectivity index (χ1) is 10.5. The van der Waals surface area contributed by atoms with Crippen LogP contribution in [0.1, 0.15) is 0 Å². The Bertz CT molecular complexity index is 675. The molecule has 0 bridgehead atoms. The topological polar surface area (TPSA) is 42.5 Å². The van der Waals surface area contributed by atoms with Gasteiger partial charge in [-0.2, -0.15) is 0 Å². The largest absolute Gasteiger partial charge is 0.497 e. The van der Waals surface area contributed by atoms with Gasteiger partial charge in [0.2, 0.25) is 0 Å². The van der Waals surface area contributed by atoms with Gasteiger partial charge in [0.25, 0.3) is 0 Å². The molecule has 116 valence electrons. The molecule has 0 saturated heterocycles. The molecule has 0 heterocycles. The Labute approximate surface area is 147 Å². The zero-order valence-electron chi connectivity index (χ0n) is 11.9. The second-order valence-corrected chi connectivity index (χ2v) is 6.04. The summed E-state index contributed by atoms with van der Waals surface area (Å²) in [5.74, 6) is 1.35. The fourth-order valence-corrected chi connectivity index (χ4v) is 2.70. The van der Waals surface area contributed by atoms with E-state index in [1.54, 1.807) is 26.4 Å². The summed E-state index contributed by atoms with van der Waals surface area (Å²) in [7, 11) is 3.19. The first-order valence-electron chi connectivity index (χ1n) is 6.28. The Hall–Kier alpha value is -1.50. The number of hydrogen-bond donors (Lipinski definition) is 2. The lowest BCUT2D eigenvalue weighted by Crippen LogP contribution is -2.19. The van der Waals surface area contributed by atoms with Gasteiger partial charge in [-0.05, 0) is 30.4 Å². The summed E-state index contributed by atoms with van der Waals surface area (Å²) in [6.07, 6.45) is 0. The number of anilines is 2. The molecule has 0 atom stereocenters. The summed E-state index contributed by atoms with van der Waals surface area (Å²) in [4.78, 5) is 0.